The van der Waals surface area contributed by atoms with Gasteiger partial charge in [0, 0.05) is 6.07 Å². The fourth-order valence-electron chi connectivity index (χ4n) is 0.897. The number of hydrogen-bond donors (Lipinski definition) is 0. The molecule has 0 radical (unpaired) electrons. The van der Waals surface area contributed by atoms with E-state index >= 15 is 0 Å². The lowest BCUT2D eigenvalue weighted by Gasteiger charge is -2.01. The molecule has 0 aliphatic carbocycles. The predicted molar refractivity (Wildman–Crippen MR) is 40.7 cm³/mol. The van der Waals surface area contributed by atoms with Gasteiger partial charge < -0.3 is 0 Å². The zero-order valence-corrected chi connectivity index (χ0v) is 6.78. The molecule has 0 fully saturated rings. The van der Waals surface area contributed by atoms with Gasteiger partial charge in [-0.05, 0) is 6.07 Å². The Morgan fingerprint density at radius 2 is 2.14 bits per heavy atom. The molecule has 0 aliphatic rings. The van der Waals surface area contributed by atoms with E-state index in [1.165, 1.54) is 0 Å². The van der Waals surface area contributed by atoms with Crippen molar-refractivity contribution >= 4 is 5.69 Å². The maximum atomic E-state index is 12.2. The second-order valence-corrected chi connectivity index (χ2v) is 2.39. The Labute approximate surface area is 76.5 Å². The van der Waals surface area contributed by atoms with Crippen molar-refractivity contribution in [1.82, 2.24) is 4.98 Å². The highest BCUT2D eigenvalue weighted by Crippen LogP contribution is 2.23. The van der Waals surface area contributed by atoms with E-state index in [-0.39, 0.29) is 0 Å². The number of rotatable bonds is 3. The molecule has 1 aromatic rings. The molecule has 0 unspecified atom stereocenters. The van der Waals surface area contributed by atoms with Gasteiger partial charge in [0.1, 0.15) is 18.1 Å². The molecule has 1 rings (SSSR count). The lowest BCUT2D eigenvalue weighted by atomic mass is 10.2. The molecular weight excluding hydrogens is 201 g/mol. The molecule has 76 valence electrons. The normalized spacial score (nSPS) is 10.6. The number of halogens is 3. The molecule has 0 spiro atoms. The minimum absolute atomic E-state index is 0.576. The van der Waals surface area contributed by atoms with Gasteiger partial charge in [-0.2, -0.15) is 0 Å². The van der Waals surface area contributed by atoms with E-state index < -0.39 is 35.1 Å². The van der Waals surface area contributed by atoms with Crippen LogP contribution in [0.2, 0.25) is 0 Å². The summed E-state index contributed by atoms with van der Waals surface area (Å²) in [7, 11) is 0. The fourth-order valence-corrected chi connectivity index (χ4v) is 0.897. The van der Waals surface area contributed by atoms with E-state index in [0.29, 0.717) is 0 Å². The van der Waals surface area contributed by atoms with Crippen LogP contribution in [0.5, 0.6) is 0 Å². The first kappa shape index (κ1) is 10.4. The maximum Gasteiger partial charge on any atom is 0.293 e. The van der Waals surface area contributed by atoms with E-state index in [2.05, 4.69) is 4.98 Å². The summed E-state index contributed by atoms with van der Waals surface area (Å²) >= 11 is 0. The van der Waals surface area contributed by atoms with Crippen molar-refractivity contribution in [1.29, 1.82) is 0 Å². The molecule has 0 amide bonds. The lowest BCUT2D eigenvalue weighted by molar-refractivity contribution is -0.386. The maximum absolute atomic E-state index is 12.2. The number of alkyl halides is 3. The molecular formula is C7H5F3N2O2. The Bertz CT molecular complexity index is 357. The largest absolute Gasteiger partial charge is 0.293 e. The number of hydrogen-bond acceptors (Lipinski definition) is 3. The quantitative estimate of drug-likeness (QED) is 0.563. The first-order valence-corrected chi connectivity index (χ1v) is 3.54. The molecule has 0 aromatic carbocycles. The van der Waals surface area contributed by atoms with Gasteiger partial charge in [-0.3, -0.25) is 10.1 Å². The smallest absolute Gasteiger partial charge is 0.258 e. The van der Waals surface area contributed by atoms with E-state index in [1.807, 2.05) is 0 Å². The van der Waals surface area contributed by atoms with Crippen LogP contribution in [-0.2, 0) is 6.67 Å². The van der Waals surface area contributed by atoms with Crippen LogP contribution in [0, 0.1) is 10.1 Å². The van der Waals surface area contributed by atoms with Crippen LogP contribution < -0.4 is 0 Å². The molecule has 0 bridgehead atoms. The van der Waals surface area contributed by atoms with E-state index in [9.17, 15) is 23.3 Å². The number of pyridine rings is 1. The van der Waals surface area contributed by atoms with Crippen LogP contribution in [-0.4, -0.2) is 9.91 Å². The van der Waals surface area contributed by atoms with Crippen molar-refractivity contribution in [3.63, 3.8) is 0 Å². The highest BCUT2D eigenvalue weighted by molar-refractivity contribution is 5.36. The summed E-state index contributed by atoms with van der Waals surface area (Å²) in [6.07, 6.45) is -2.86. The third-order valence-corrected chi connectivity index (χ3v) is 1.52. The first-order valence-electron chi connectivity index (χ1n) is 3.54. The summed E-state index contributed by atoms with van der Waals surface area (Å²) in [5.74, 6) is 0. The van der Waals surface area contributed by atoms with Crippen LogP contribution in [0.15, 0.2) is 12.1 Å². The topological polar surface area (TPSA) is 56.0 Å². The Kier molecular flexibility index (Phi) is 3.00. The lowest BCUT2D eigenvalue weighted by Crippen LogP contribution is -2.00. The Morgan fingerprint density at radius 1 is 1.50 bits per heavy atom. The Morgan fingerprint density at radius 3 is 2.57 bits per heavy atom. The van der Waals surface area contributed by atoms with Crippen LogP contribution >= 0.6 is 0 Å². The third kappa shape index (κ3) is 1.98. The summed E-state index contributed by atoms with van der Waals surface area (Å²) in [6, 6.07) is 1.63. The van der Waals surface area contributed by atoms with Gasteiger partial charge in [-0.25, -0.2) is 18.2 Å². The predicted octanol–water partition coefficient (Wildman–Crippen LogP) is 2.40. The molecule has 0 aliphatic heterocycles. The minimum atomic E-state index is -2.86. The van der Waals surface area contributed by atoms with Crippen LogP contribution in [0.25, 0.3) is 0 Å². The van der Waals surface area contributed by atoms with Gasteiger partial charge in [0.2, 0.25) is 0 Å². The van der Waals surface area contributed by atoms with E-state index in [4.69, 9.17) is 0 Å². The van der Waals surface area contributed by atoms with Crippen LogP contribution in [0.1, 0.15) is 17.8 Å². The van der Waals surface area contributed by atoms with Gasteiger partial charge in [0.05, 0.1) is 4.92 Å². The first-order chi connectivity index (χ1) is 6.56. The number of aromatic nitrogens is 1. The van der Waals surface area contributed by atoms with Crippen molar-refractivity contribution < 1.29 is 18.1 Å². The van der Waals surface area contributed by atoms with Gasteiger partial charge in [-0.15, -0.1) is 0 Å². The monoisotopic (exact) mass is 206 g/mol. The highest BCUT2D eigenvalue weighted by Gasteiger charge is 2.18. The summed E-state index contributed by atoms with van der Waals surface area (Å²) in [5, 5.41) is 10.3. The zero-order valence-electron chi connectivity index (χ0n) is 6.78. The average molecular weight is 206 g/mol. The van der Waals surface area contributed by atoms with Crippen molar-refractivity contribution in [3.8, 4) is 0 Å². The summed E-state index contributed by atoms with van der Waals surface area (Å²) < 4.78 is 36.3. The van der Waals surface area contributed by atoms with Crippen LogP contribution in [0.3, 0.4) is 0 Å². The second kappa shape index (κ2) is 4.03. The summed E-state index contributed by atoms with van der Waals surface area (Å²) in [6.45, 7) is -1.24. The molecule has 0 saturated carbocycles. The minimum Gasteiger partial charge on any atom is -0.258 e. The van der Waals surface area contributed by atoms with Crippen molar-refractivity contribution in [3.05, 3.63) is 33.6 Å². The molecule has 4 nitrogen and oxygen atoms in total. The van der Waals surface area contributed by atoms with Crippen molar-refractivity contribution in [2.24, 2.45) is 0 Å². The molecule has 0 N–H and O–H groups in total. The van der Waals surface area contributed by atoms with E-state index in [1.54, 1.807) is 0 Å². The fraction of sp³-hybridized carbons (Fsp3) is 0.286. The molecule has 7 heteroatoms. The Hall–Kier alpha value is -1.66. The van der Waals surface area contributed by atoms with Gasteiger partial charge >= 0.3 is 0 Å². The standard InChI is InChI=1S/C7H5F3N2O2/c8-3-5-6(12(13)14)2-1-4(11-5)7(9)10/h1-2,7H,3H2. The molecule has 0 atom stereocenters. The molecule has 14 heavy (non-hydrogen) atoms. The molecule has 0 saturated heterocycles. The molecule has 1 aromatic heterocycles. The number of nitro groups is 1. The van der Waals surface area contributed by atoms with Crippen molar-refractivity contribution in [2.45, 2.75) is 13.1 Å². The number of nitrogens with zero attached hydrogens (tertiary/aromatic N) is 2. The molecule has 1 heterocycles. The van der Waals surface area contributed by atoms with Gasteiger partial charge in [0.15, 0.2) is 0 Å². The van der Waals surface area contributed by atoms with Gasteiger partial charge in [-0.1, -0.05) is 0 Å². The second-order valence-electron chi connectivity index (χ2n) is 2.39. The SMILES string of the molecule is O=[N+]([O-])c1ccc(C(F)F)nc1CF. The van der Waals surface area contributed by atoms with Crippen LogP contribution in [0.4, 0.5) is 18.9 Å². The van der Waals surface area contributed by atoms with Crippen molar-refractivity contribution in [2.75, 3.05) is 0 Å². The zero-order chi connectivity index (χ0) is 10.7. The van der Waals surface area contributed by atoms with E-state index in [0.717, 1.165) is 12.1 Å². The van der Waals surface area contributed by atoms with Gasteiger partial charge in [0.25, 0.3) is 12.1 Å². The average Bonchev–Trinajstić information content (AvgIpc) is 2.16. The summed E-state index contributed by atoms with van der Waals surface area (Å²) in [4.78, 5) is 12.6. The summed E-state index contributed by atoms with van der Waals surface area (Å²) in [5.41, 5.74) is -1.83. The highest BCUT2D eigenvalue weighted by atomic mass is 19.3. The third-order valence-electron chi connectivity index (χ3n) is 1.52. The Balaban J connectivity index is 3.18.